The van der Waals surface area contributed by atoms with Gasteiger partial charge in [0.05, 0.1) is 13.2 Å². The van der Waals surface area contributed by atoms with E-state index in [2.05, 4.69) is 17.0 Å². The molecule has 1 heterocycles. The first-order valence-electron chi connectivity index (χ1n) is 8.31. The first kappa shape index (κ1) is 15.3. The van der Waals surface area contributed by atoms with Crippen LogP contribution < -0.4 is 4.74 Å². The molecule has 4 nitrogen and oxygen atoms in total. The molecule has 1 aromatic rings. The molecule has 22 heavy (non-hydrogen) atoms. The lowest BCUT2D eigenvalue weighted by molar-refractivity contribution is -0.134. The van der Waals surface area contributed by atoms with Crippen molar-refractivity contribution >= 4 is 5.91 Å². The van der Waals surface area contributed by atoms with Gasteiger partial charge in [0, 0.05) is 33.1 Å². The van der Waals surface area contributed by atoms with E-state index in [0.29, 0.717) is 0 Å². The molecule has 0 spiro atoms. The molecule has 1 aliphatic heterocycles. The van der Waals surface area contributed by atoms with Gasteiger partial charge in [-0.1, -0.05) is 18.6 Å². The maximum atomic E-state index is 12.0. The van der Waals surface area contributed by atoms with Gasteiger partial charge in [-0.2, -0.15) is 0 Å². The Bertz CT molecular complexity index is 510. The molecule has 0 N–H and O–H groups in total. The van der Waals surface area contributed by atoms with Gasteiger partial charge in [-0.3, -0.25) is 9.69 Å². The van der Waals surface area contributed by atoms with Gasteiger partial charge in [-0.05, 0) is 36.5 Å². The molecule has 1 aromatic carbocycles. The number of benzene rings is 1. The average Bonchev–Trinajstić information content (AvgIpc) is 2.50. The molecule has 2 aliphatic rings. The summed E-state index contributed by atoms with van der Waals surface area (Å²) >= 11 is 0. The summed E-state index contributed by atoms with van der Waals surface area (Å²) < 4.78 is 5.24. The van der Waals surface area contributed by atoms with Crippen LogP contribution in [0.4, 0.5) is 0 Å². The van der Waals surface area contributed by atoms with Crippen LogP contribution >= 0.6 is 0 Å². The predicted octanol–water partition coefficient (Wildman–Crippen LogP) is 2.70. The Morgan fingerprint density at radius 2 is 1.95 bits per heavy atom. The largest absolute Gasteiger partial charge is 0.497 e. The van der Waals surface area contributed by atoms with E-state index in [0.717, 1.165) is 31.3 Å². The average molecular weight is 302 g/mol. The smallest absolute Gasteiger partial charge is 0.220 e. The summed E-state index contributed by atoms with van der Waals surface area (Å²) in [7, 11) is 1.68. The molecule has 0 aromatic heterocycles. The van der Waals surface area contributed by atoms with Gasteiger partial charge < -0.3 is 9.64 Å². The van der Waals surface area contributed by atoms with Gasteiger partial charge in [0.2, 0.25) is 5.91 Å². The van der Waals surface area contributed by atoms with E-state index >= 15 is 0 Å². The molecule has 2 fully saturated rings. The molecule has 1 amide bonds. The summed E-state index contributed by atoms with van der Waals surface area (Å²) in [5.41, 5.74) is 1.20. The van der Waals surface area contributed by atoms with Crippen LogP contribution in [0.25, 0.3) is 0 Å². The normalized spacial score (nSPS) is 23.2. The van der Waals surface area contributed by atoms with E-state index in [1.807, 2.05) is 17.0 Å². The Balaban J connectivity index is 1.73. The van der Waals surface area contributed by atoms with Crippen LogP contribution in [0.15, 0.2) is 24.3 Å². The van der Waals surface area contributed by atoms with E-state index < -0.39 is 0 Å². The number of carbonyl (C=O) groups excluding carboxylic acids is 1. The van der Waals surface area contributed by atoms with E-state index in [1.54, 1.807) is 14.0 Å². The highest BCUT2D eigenvalue weighted by atomic mass is 16.5. The highest BCUT2D eigenvalue weighted by molar-refractivity contribution is 5.74. The summed E-state index contributed by atoms with van der Waals surface area (Å²) in [4.78, 5) is 16.5. The molecule has 1 atom stereocenters. The summed E-state index contributed by atoms with van der Waals surface area (Å²) in [6.45, 7) is 5.65. The van der Waals surface area contributed by atoms with Gasteiger partial charge in [0.25, 0.3) is 0 Å². The Hall–Kier alpha value is -1.55. The second kappa shape index (κ2) is 6.69. The minimum Gasteiger partial charge on any atom is -0.497 e. The highest BCUT2D eigenvalue weighted by Crippen LogP contribution is 2.31. The third-order valence-corrected chi connectivity index (χ3v) is 5.11. The number of ether oxygens (including phenoxy) is 1. The zero-order chi connectivity index (χ0) is 15.5. The van der Waals surface area contributed by atoms with Crippen LogP contribution in [0.2, 0.25) is 0 Å². The van der Waals surface area contributed by atoms with Crippen LogP contribution in [0.1, 0.15) is 37.8 Å². The Morgan fingerprint density at radius 3 is 2.50 bits per heavy atom. The van der Waals surface area contributed by atoms with Gasteiger partial charge in [0.1, 0.15) is 5.75 Å². The van der Waals surface area contributed by atoms with E-state index in [-0.39, 0.29) is 11.9 Å². The molecule has 4 heteroatoms. The van der Waals surface area contributed by atoms with Gasteiger partial charge in [0.15, 0.2) is 0 Å². The monoisotopic (exact) mass is 302 g/mol. The van der Waals surface area contributed by atoms with E-state index in [1.165, 1.54) is 31.4 Å². The molecular weight excluding hydrogens is 276 g/mol. The predicted molar refractivity (Wildman–Crippen MR) is 86.9 cm³/mol. The summed E-state index contributed by atoms with van der Waals surface area (Å²) in [6, 6.07) is 8.31. The number of hydrogen-bond acceptors (Lipinski definition) is 3. The summed E-state index contributed by atoms with van der Waals surface area (Å²) in [6.07, 6.45) is 4.14. The van der Waals surface area contributed by atoms with Crippen LogP contribution in [-0.4, -0.2) is 49.0 Å². The topological polar surface area (TPSA) is 32.8 Å². The molecular formula is C18H26N2O2. The van der Waals surface area contributed by atoms with Crippen LogP contribution in [-0.2, 0) is 4.79 Å². The van der Waals surface area contributed by atoms with Crippen molar-refractivity contribution in [1.82, 2.24) is 9.80 Å². The van der Waals surface area contributed by atoms with Crippen LogP contribution in [0, 0.1) is 5.92 Å². The first-order valence-corrected chi connectivity index (χ1v) is 8.31. The number of amides is 1. The van der Waals surface area contributed by atoms with Gasteiger partial charge in [-0.15, -0.1) is 0 Å². The van der Waals surface area contributed by atoms with Crippen molar-refractivity contribution in [2.75, 3.05) is 33.3 Å². The number of piperazine rings is 1. The highest BCUT2D eigenvalue weighted by Gasteiger charge is 2.31. The fourth-order valence-corrected chi connectivity index (χ4v) is 3.53. The lowest BCUT2D eigenvalue weighted by atomic mass is 9.85. The standard InChI is InChI=1S/C18H26N2O2/c1-14(21)20-11-10-19(12-15-4-3-5-15)13-18(20)16-6-8-17(22-2)9-7-16/h6-9,15,18H,3-5,10-13H2,1-2H3/t18-/m1/s1. The zero-order valence-electron chi connectivity index (χ0n) is 13.6. The molecule has 1 aliphatic carbocycles. The minimum absolute atomic E-state index is 0.164. The van der Waals surface area contributed by atoms with Crippen molar-refractivity contribution in [2.24, 2.45) is 5.92 Å². The SMILES string of the molecule is COc1ccc([C@H]2CN(CC3CCC3)CCN2C(C)=O)cc1. The first-order chi connectivity index (χ1) is 10.7. The van der Waals surface area contributed by atoms with E-state index in [9.17, 15) is 4.79 Å². The van der Waals surface area contributed by atoms with E-state index in [4.69, 9.17) is 4.74 Å². The van der Waals surface area contributed by atoms with Crippen molar-refractivity contribution in [3.05, 3.63) is 29.8 Å². The van der Waals surface area contributed by atoms with Gasteiger partial charge >= 0.3 is 0 Å². The van der Waals surface area contributed by atoms with Crippen LogP contribution in [0.5, 0.6) is 5.75 Å². The minimum atomic E-state index is 0.164. The molecule has 1 saturated carbocycles. The fraction of sp³-hybridized carbons (Fsp3) is 0.611. The van der Waals surface area contributed by atoms with Crippen molar-refractivity contribution in [3.8, 4) is 5.75 Å². The van der Waals surface area contributed by atoms with Crippen molar-refractivity contribution in [3.63, 3.8) is 0 Å². The third-order valence-electron chi connectivity index (χ3n) is 5.11. The zero-order valence-corrected chi connectivity index (χ0v) is 13.6. The second-order valence-electron chi connectivity index (χ2n) is 6.56. The summed E-state index contributed by atoms with van der Waals surface area (Å²) in [5, 5.41) is 0. The molecule has 0 radical (unpaired) electrons. The Morgan fingerprint density at radius 1 is 1.23 bits per heavy atom. The number of methoxy groups -OCH3 is 1. The number of rotatable bonds is 4. The van der Waals surface area contributed by atoms with Crippen molar-refractivity contribution < 1.29 is 9.53 Å². The number of carbonyl (C=O) groups is 1. The molecule has 120 valence electrons. The lowest BCUT2D eigenvalue weighted by Gasteiger charge is -2.43. The maximum absolute atomic E-state index is 12.0. The third kappa shape index (κ3) is 3.27. The maximum Gasteiger partial charge on any atom is 0.220 e. The Kier molecular flexibility index (Phi) is 4.67. The molecule has 0 bridgehead atoms. The van der Waals surface area contributed by atoms with Crippen molar-refractivity contribution in [1.29, 1.82) is 0 Å². The van der Waals surface area contributed by atoms with Gasteiger partial charge in [-0.25, -0.2) is 0 Å². The molecule has 1 saturated heterocycles. The summed E-state index contributed by atoms with van der Waals surface area (Å²) in [5.74, 6) is 1.91. The fourth-order valence-electron chi connectivity index (χ4n) is 3.53. The Labute approximate surface area is 133 Å². The number of nitrogens with zero attached hydrogens (tertiary/aromatic N) is 2. The quantitative estimate of drug-likeness (QED) is 0.857. The number of hydrogen-bond donors (Lipinski definition) is 0. The van der Waals surface area contributed by atoms with Crippen molar-refractivity contribution in [2.45, 2.75) is 32.2 Å². The molecule has 3 rings (SSSR count). The second-order valence-corrected chi connectivity index (χ2v) is 6.56. The lowest BCUT2D eigenvalue weighted by Crippen LogP contribution is -2.51. The van der Waals surface area contributed by atoms with Crippen LogP contribution in [0.3, 0.4) is 0 Å². The molecule has 0 unspecified atom stereocenters.